The molecule has 1 heterocycles. The molecule has 0 bridgehead atoms. The molecule has 0 N–H and O–H groups in total. The van der Waals surface area contributed by atoms with Gasteiger partial charge in [-0.25, -0.2) is 0 Å². The molecule has 0 aliphatic rings. The van der Waals surface area contributed by atoms with Crippen LogP contribution in [-0.4, -0.2) is 29.1 Å². The molecule has 0 aliphatic heterocycles. The molecule has 0 saturated carbocycles. The number of methoxy groups -OCH3 is 1. The fraction of sp³-hybridized carbons (Fsp3) is 0.462. The highest BCUT2D eigenvalue weighted by atomic mass is 35.5. The van der Waals surface area contributed by atoms with Crippen LogP contribution in [0.3, 0.4) is 0 Å². The fourth-order valence-corrected chi connectivity index (χ4v) is 14.4. The highest BCUT2D eigenvalue weighted by molar-refractivity contribution is 8.29. The Balaban J connectivity index is 1.89. The van der Waals surface area contributed by atoms with Gasteiger partial charge in [0.1, 0.15) is 19.8 Å². The molecule has 1 aromatic heterocycles. The summed E-state index contributed by atoms with van der Waals surface area (Å²) in [6, 6.07) is 16.7. The van der Waals surface area contributed by atoms with Crippen molar-refractivity contribution in [3.8, 4) is 11.4 Å². The summed E-state index contributed by atoms with van der Waals surface area (Å²) in [6.07, 6.45) is 0.649. The Labute approximate surface area is 208 Å². The van der Waals surface area contributed by atoms with E-state index < -0.39 is 7.22 Å². The molecule has 0 spiro atoms. The molecule has 3 rings (SSSR count). The number of nitrogens with zero attached hydrogens (tertiary/aromatic N) is 3. The lowest BCUT2D eigenvalue weighted by atomic mass is 10.1. The summed E-state index contributed by atoms with van der Waals surface area (Å²) in [4.78, 5) is 1.35. The first-order valence-corrected chi connectivity index (χ1v) is 15.8. The van der Waals surface area contributed by atoms with Crippen molar-refractivity contribution >= 4 is 30.0 Å². The van der Waals surface area contributed by atoms with Crippen LogP contribution in [0.5, 0.6) is 0 Å². The Hall–Kier alpha value is -1.60. The van der Waals surface area contributed by atoms with Gasteiger partial charge in [0.2, 0.25) is 0 Å². The summed E-state index contributed by atoms with van der Waals surface area (Å²) in [7, 11) is 0.115. The molecule has 178 valence electrons. The normalized spacial score (nSPS) is 12.3. The monoisotopic (exact) mass is 501 g/mol. The molecule has 0 amide bonds. The predicted octanol–water partition coefficient (Wildman–Crippen LogP) is 8.06. The quantitative estimate of drug-likeness (QED) is 0.263. The van der Waals surface area contributed by atoms with Gasteiger partial charge in [-0.15, -0.1) is 10.2 Å². The van der Waals surface area contributed by atoms with Gasteiger partial charge in [0, 0.05) is 29.0 Å². The molecule has 33 heavy (non-hydrogen) atoms. The van der Waals surface area contributed by atoms with Gasteiger partial charge in [-0.1, -0.05) is 77.4 Å². The third-order valence-corrected chi connectivity index (χ3v) is 19.0. The largest absolute Gasteiger partial charge is 0.364 e. The maximum absolute atomic E-state index is 6.17. The van der Waals surface area contributed by atoms with E-state index in [1.54, 1.807) is 7.11 Å². The number of hydrogen-bond acceptors (Lipinski definition) is 4. The third kappa shape index (κ3) is 5.73. The Morgan fingerprint density at radius 2 is 1.58 bits per heavy atom. The summed E-state index contributed by atoms with van der Waals surface area (Å²) in [5.41, 5.74) is 4.28. The Bertz CT molecular complexity index is 1030. The molecule has 0 atom stereocenters. The number of halogens is 1. The summed E-state index contributed by atoms with van der Waals surface area (Å²) in [6.45, 7) is 14.8. The van der Waals surface area contributed by atoms with E-state index in [-0.39, 0.29) is 0 Å². The maximum atomic E-state index is 6.17. The van der Waals surface area contributed by atoms with Crippen LogP contribution in [0.15, 0.2) is 53.4 Å². The fourth-order valence-electron chi connectivity index (χ4n) is 5.00. The van der Waals surface area contributed by atoms with Crippen molar-refractivity contribution in [3.63, 3.8) is 0 Å². The second-order valence-electron chi connectivity index (χ2n) is 9.54. The Morgan fingerprint density at radius 1 is 0.939 bits per heavy atom. The van der Waals surface area contributed by atoms with E-state index in [1.165, 1.54) is 4.90 Å². The molecule has 0 unspecified atom stereocenters. The standard InChI is InChI=1S/C26H36ClN3OSSi/c1-18(2)33(19(3)4,20(5)6)32-24-13-11-22(12-14-24)26-29-28-25(30(26)17-31-7)16-21-9-8-10-23(27)15-21/h8-15,18-20H,16-17H2,1-7H3. The van der Waals surface area contributed by atoms with Crippen LogP contribution in [0.1, 0.15) is 52.9 Å². The van der Waals surface area contributed by atoms with Crippen molar-refractivity contribution in [1.82, 2.24) is 14.8 Å². The van der Waals surface area contributed by atoms with Crippen molar-refractivity contribution in [3.05, 3.63) is 64.9 Å². The third-order valence-electron chi connectivity index (χ3n) is 6.45. The minimum atomic E-state index is -1.58. The summed E-state index contributed by atoms with van der Waals surface area (Å²) in [5.74, 6) is 1.68. The van der Waals surface area contributed by atoms with Gasteiger partial charge < -0.3 is 4.74 Å². The first kappa shape index (κ1) is 26.0. The topological polar surface area (TPSA) is 39.9 Å². The second-order valence-corrected chi connectivity index (χ2v) is 18.6. The SMILES string of the molecule is COCn1c(Cc2cccc(Cl)c2)nnc1-c1ccc(S[Si](C(C)C)(C(C)C)C(C)C)cc1. The lowest BCUT2D eigenvalue weighted by molar-refractivity contribution is 0.130. The van der Waals surface area contributed by atoms with E-state index in [2.05, 4.69) is 93.3 Å². The van der Waals surface area contributed by atoms with E-state index in [0.29, 0.717) is 29.8 Å². The van der Waals surface area contributed by atoms with Crippen LogP contribution in [-0.2, 0) is 17.9 Å². The van der Waals surface area contributed by atoms with E-state index in [1.807, 2.05) is 22.8 Å². The zero-order valence-corrected chi connectivity index (χ0v) is 23.4. The highest BCUT2D eigenvalue weighted by Crippen LogP contribution is 2.52. The summed E-state index contributed by atoms with van der Waals surface area (Å²) in [5, 5.41) is 9.72. The minimum Gasteiger partial charge on any atom is -0.364 e. The lowest BCUT2D eigenvalue weighted by Gasteiger charge is -2.42. The van der Waals surface area contributed by atoms with Gasteiger partial charge >= 0.3 is 0 Å². The van der Waals surface area contributed by atoms with Crippen molar-refractivity contribution in [1.29, 1.82) is 0 Å². The average molecular weight is 502 g/mol. The molecular weight excluding hydrogens is 466 g/mol. The van der Waals surface area contributed by atoms with Gasteiger partial charge in [-0.3, -0.25) is 4.57 Å². The van der Waals surface area contributed by atoms with E-state index in [0.717, 1.165) is 27.8 Å². The Kier molecular flexibility index (Phi) is 8.84. The second kappa shape index (κ2) is 11.2. The molecule has 4 nitrogen and oxygen atoms in total. The summed E-state index contributed by atoms with van der Waals surface area (Å²) >= 11 is 8.31. The van der Waals surface area contributed by atoms with Gasteiger partial charge in [0.05, 0.1) is 0 Å². The van der Waals surface area contributed by atoms with Crippen LogP contribution < -0.4 is 0 Å². The molecular formula is C26H36ClN3OSSi. The molecule has 0 radical (unpaired) electrons. The lowest BCUT2D eigenvalue weighted by Crippen LogP contribution is -2.40. The van der Waals surface area contributed by atoms with Gasteiger partial charge in [-0.05, 0) is 46.5 Å². The van der Waals surface area contributed by atoms with Gasteiger partial charge in [-0.2, -0.15) is 11.2 Å². The van der Waals surface area contributed by atoms with Crippen molar-refractivity contribution in [2.24, 2.45) is 0 Å². The van der Waals surface area contributed by atoms with Gasteiger partial charge in [0.25, 0.3) is 0 Å². The van der Waals surface area contributed by atoms with Crippen molar-refractivity contribution < 1.29 is 4.74 Å². The maximum Gasteiger partial charge on any atom is 0.165 e. The number of ether oxygens (including phenoxy) is 1. The zero-order chi connectivity index (χ0) is 24.2. The molecule has 0 saturated heterocycles. The summed E-state index contributed by atoms with van der Waals surface area (Å²) < 4.78 is 7.52. The van der Waals surface area contributed by atoms with Crippen molar-refractivity contribution in [2.75, 3.05) is 7.11 Å². The van der Waals surface area contributed by atoms with Crippen LogP contribution in [0.25, 0.3) is 11.4 Å². The highest BCUT2D eigenvalue weighted by Gasteiger charge is 2.44. The van der Waals surface area contributed by atoms with E-state index >= 15 is 0 Å². The van der Waals surface area contributed by atoms with Crippen molar-refractivity contribution in [2.45, 2.75) is 76.2 Å². The molecule has 3 aromatic rings. The van der Waals surface area contributed by atoms with E-state index in [9.17, 15) is 0 Å². The van der Waals surface area contributed by atoms with Crippen LogP contribution in [0.2, 0.25) is 21.6 Å². The zero-order valence-electron chi connectivity index (χ0n) is 20.8. The number of hydrogen-bond donors (Lipinski definition) is 0. The smallest absolute Gasteiger partial charge is 0.165 e. The number of rotatable bonds is 10. The first-order chi connectivity index (χ1) is 15.7. The molecule has 7 heteroatoms. The molecule has 0 aliphatic carbocycles. The average Bonchev–Trinajstić information content (AvgIpc) is 3.14. The van der Waals surface area contributed by atoms with Crippen LogP contribution in [0, 0.1) is 0 Å². The number of aromatic nitrogens is 3. The predicted molar refractivity (Wildman–Crippen MR) is 144 cm³/mol. The minimum absolute atomic E-state index is 0.402. The first-order valence-electron chi connectivity index (χ1n) is 11.6. The van der Waals surface area contributed by atoms with Crippen LogP contribution >= 0.6 is 22.8 Å². The molecule has 2 aromatic carbocycles. The van der Waals surface area contributed by atoms with Gasteiger partial charge in [0.15, 0.2) is 5.82 Å². The van der Waals surface area contributed by atoms with E-state index in [4.69, 9.17) is 16.3 Å². The number of benzene rings is 2. The Morgan fingerprint density at radius 3 is 2.12 bits per heavy atom. The van der Waals surface area contributed by atoms with Crippen LogP contribution in [0.4, 0.5) is 0 Å². The molecule has 0 fully saturated rings.